The Bertz CT molecular complexity index is 845. The number of amides is 1. The Morgan fingerprint density at radius 1 is 1.06 bits per heavy atom. The Kier molecular flexibility index (Phi) is 10.4. The van der Waals surface area contributed by atoms with Crippen molar-refractivity contribution in [1.82, 2.24) is 25.5 Å². The summed E-state index contributed by atoms with van der Waals surface area (Å²) >= 11 is 0. The molecule has 0 atom stereocenters. The molecule has 2 heterocycles. The van der Waals surface area contributed by atoms with Gasteiger partial charge in [-0.2, -0.15) is 0 Å². The molecule has 10 heteroatoms. The largest absolute Gasteiger partial charge is 0.356 e. The highest BCUT2D eigenvalue weighted by Crippen LogP contribution is 2.10. The van der Waals surface area contributed by atoms with Crippen LogP contribution in [-0.4, -0.2) is 73.1 Å². The highest BCUT2D eigenvalue weighted by molar-refractivity contribution is 14.0. The molecule has 168 valence electrons. The van der Waals surface area contributed by atoms with Crippen molar-refractivity contribution in [2.45, 2.75) is 12.8 Å². The van der Waals surface area contributed by atoms with Crippen LogP contribution in [0.1, 0.15) is 12.0 Å². The summed E-state index contributed by atoms with van der Waals surface area (Å²) in [5.74, 6) is 1.21. The first kappa shape index (κ1) is 24.8. The van der Waals surface area contributed by atoms with E-state index in [-0.39, 0.29) is 35.7 Å². The average Bonchev–Trinajstić information content (AvgIpc) is 2.80. The quantitative estimate of drug-likeness (QED) is 0.316. The molecule has 1 amide bonds. The number of hydrogen-bond acceptors (Lipinski definition) is 5. The number of anilines is 1. The van der Waals surface area contributed by atoms with Gasteiger partial charge in [-0.1, -0.05) is 18.2 Å². The van der Waals surface area contributed by atoms with E-state index < -0.39 is 0 Å². The van der Waals surface area contributed by atoms with Crippen LogP contribution in [0.4, 0.5) is 10.3 Å². The van der Waals surface area contributed by atoms with Gasteiger partial charge in [0.25, 0.3) is 0 Å². The average molecular weight is 541 g/mol. The van der Waals surface area contributed by atoms with Gasteiger partial charge in [-0.3, -0.25) is 9.79 Å². The number of carbonyl (C=O) groups is 1. The van der Waals surface area contributed by atoms with E-state index in [0.29, 0.717) is 56.5 Å². The zero-order valence-electron chi connectivity index (χ0n) is 17.6. The van der Waals surface area contributed by atoms with Crippen molar-refractivity contribution in [3.05, 3.63) is 54.1 Å². The molecule has 2 aromatic rings. The van der Waals surface area contributed by atoms with Crippen molar-refractivity contribution in [3.8, 4) is 0 Å². The van der Waals surface area contributed by atoms with E-state index >= 15 is 0 Å². The predicted octanol–water partition coefficient (Wildman–Crippen LogP) is 1.68. The number of benzene rings is 1. The fourth-order valence-corrected chi connectivity index (χ4v) is 3.29. The van der Waals surface area contributed by atoms with Crippen LogP contribution < -0.4 is 15.5 Å². The number of guanidine groups is 1. The second-order valence-electron chi connectivity index (χ2n) is 6.93. The third kappa shape index (κ3) is 7.60. The third-order valence-electron chi connectivity index (χ3n) is 4.97. The first-order valence-corrected chi connectivity index (χ1v) is 10.1. The molecule has 1 aromatic carbocycles. The van der Waals surface area contributed by atoms with E-state index in [1.54, 1.807) is 37.6 Å². The van der Waals surface area contributed by atoms with Crippen molar-refractivity contribution >= 4 is 41.8 Å². The molecular weight excluding hydrogens is 512 g/mol. The van der Waals surface area contributed by atoms with Gasteiger partial charge in [-0.15, -0.1) is 24.0 Å². The maximum absolute atomic E-state index is 13.7. The summed E-state index contributed by atoms with van der Waals surface area (Å²) in [5.41, 5.74) is 0.663. The van der Waals surface area contributed by atoms with Gasteiger partial charge in [0.05, 0.1) is 0 Å². The van der Waals surface area contributed by atoms with Crippen LogP contribution in [0.15, 0.2) is 47.7 Å². The predicted molar refractivity (Wildman–Crippen MR) is 130 cm³/mol. The molecule has 2 N–H and O–H groups in total. The fourth-order valence-electron chi connectivity index (χ4n) is 3.29. The number of hydrogen-bond donors (Lipinski definition) is 2. The van der Waals surface area contributed by atoms with Gasteiger partial charge in [0, 0.05) is 65.1 Å². The molecule has 3 rings (SSSR count). The summed E-state index contributed by atoms with van der Waals surface area (Å²) in [6.45, 7) is 3.81. The Morgan fingerprint density at radius 2 is 1.74 bits per heavy atom. The van der Waals surface area contributed by atoms with Crippen molar-refractivity contribution in [1.29, 1.82) is 0 Å². The molecule has 0 aliphatic carbocycles. The van der Waals surface area contributed by atoms with Gasteiger partial charge in [-0.05, 0) is 24.1 Å². The minimum atomic E-state index is -0.202. The summed E-state index contributed by atoms with van der Waals surface area (Å²) in [4.78, 5) is 29.1. The first-order valence-electron chi connectivity index (χ1n) is 10.1. The lowest BCUT2D eigenvalue weighted by atomic mass is 10.1. The topological polar surface area (TPSA) is 85.8 Å². The van der Waals surface area contributed by atoms with E-state index in [1.807, 2.05) is 11.0 Å². The maximum Gasteiger partial charge on any atom is 0.225 e. The second-order valence-corrected chi connectivity index (χ2v) is 6.93. The van der Waals surface area contributed by atoms with Gasteiger partial charge >= 0.3 is 0 Å². The minimum absolute atomic E-state index is 0. The van der Waals surface area contributed by atoms with Gasteiger partial charge in [0.1, 0.15) is 5.82 Å². The van der Waals surface area contributed by atoms with E-state index in [9.17, 15) is 9.18 Å². The monoisotopic (exact) mass is 541 g/mol. The summed E-state index contributed by atoms with van der Waals surface area (Å²) in [6.07, 6.45) is 4.39. The van der Waals surface area contributed by atoms with E-state index in [0.717, 1.165) is 13.1 Å². The third-order valence-corrected chi connectivity index (χ3v) is 4.97. The number of piperazine rings is 1. The molecule has 0 unspecified atom stereocenters. The van der Waals surface area contributed by atoms with E-state index in [2.05, 4.69) is 30.5 Å². The smallest absolute Gasteiger partial charge is 0.225 e. The number of nitrogens with zero attached hydrogens (tertiary/aromatic N) is 5. The lowest BCUT2D eigenvalue weighted by Crippen LogP contribution is -2.50. The zero-order valence-corrected chi connectivity index (χ0v) is 20.0. The van der Waals surface area contributed by atoms with Gasteiger partial charge < -0.3 is 20.4 Å². The van der Waals surface area contributed by atoms with Crippen LogP contribution >= 0.6 is 24.0 Å². The molecule has 0 saturated carbocycles. The molecule has 1 aromatic heterocycles. The van der Waals surface area contributed by atoms with Crippen LogP contribution in [0.5, 0.6) is 0 Å². The Balaban J connectivity index is 0.00000341. The molecule has 0 spiro atoms. The Morgan fingerprint density at radius 3 is 2.42 bits per heavy atom. The molecule has 1 aliphatic heterocycles. The first-order chi connectivity index (χ1) is 14.7. The SMILES string of the molecule is CN=C(NCCC(=O)N1CCN(c2ncccn2)CC1)NCCc1ccccc1F.I. The standard InChI is InChI=1S/C21H28FN7O.HI/c1-23-20(24-11-7-17-5-2-3-6-18(17)22)25-12-8-19(30)28-13-15-29(16-14-28)21-26-9-4-10-27-21;/h2-6,9-10H,7-8,11-16H2,1H3,(H2,23,24,25);1H. The second kappa shape index (κ2) is 13.0. The molecule has 1 saturated heterocycles. The molecule has 1 fully saturated rings. The van der Waals surface area contributed by atoms with E-state index in [4.69, 9.17) is 0 Å². The lowest BCUT2D eigenvalue weighted by Gasteiger charge is -2.34. The van der Waals surface area contributed by atoms with Gasteiger partial charge in [0.2, 0.25) is 11.9 Å². The molecule has 31 heavy (non-hydrogen) atoms. The molecule has 8 nitrogen and oxygen atoms in total. The van der Waals surface area contributed by atoms with Crippen molar-refractivity contribution in [2.75, 3.05) is 51.2 Å². The number of carbonyl (C=O) groups excluding carboxylic acids is 1. The Hall–Kier alpha value is -2.50. The minimum Gasteiger partial charge on any atom is -0.356 e. The number of aromatic nitrogens is 2. The van der Waals surface area contributed by atoms with Crippen LogP contribution in [0.25, 0.3) is 0 Å². The molecule has 0 radical (unpaired) electrons. The van der Waals surface area contributed by atoms with E-state index in [1.165, 1.54) is 6.07 Å². The summed E-state index contributed by atoms with van der Waals surface area (Å²) in [7, 11) is 1.67. The molecular formula is C21H29FIN7O. The Labute approximate surface area is 199 Å². The lowest BCUT2D eigenvalue weighted by molar-refractivity contribution is -0.131. The van der Waals surface area contributed by atoms with Crippen LogP contribution in [0, 0.1) is 5.82 Å². The van der Waals surface area contributed by atoms with Gasteiger partial charge in [-0.25, -0.2) is 14.4 Å². The van der Waals surface area contributed by atoms with Crippen molar-refractivity contribution in [3.63, 3.8) is 0 Å². The van der Waals surface area contributed by atoms with Crippen LogP contribution in [0.2, 0.25) is 0 Å². The number of aliphatic imine (C=N–C) groups is 1. The summed E-state index contributed by atoms with van der Waals surface area (Å²) in [5, 5.41) is 6.29. The zero-order chi connectivity index (χ0) is 21.2. The van der Waals surface area contributed by atoms with Crippen molar-refractivity contribution in [2.24, 2.45) is 4.99 Å². The number of rotatable bonds is 7. The summed E-state index contributed by atoms with van der Waals surface area (Å²) < 4.78 is 13.7. The normalized spacial score (nSPS) is 14.1. The number of nitrogens with one attached hydrogen (secondary N) is 2. The van der Waals surface area contributed by atoms with Crippen LogP contribution in [-0.2, 0) is 11.2 Å². The number of halogens is 2. The fraction of sp³-hybridized carbons (Fsp3) is 0.429. The maximum atomic E-state index is 13.7. The van der Waals surface area contributed by atoms with Crippen molar-refractivity contribution < 1.29 is 9.18 Å². The molecule has 0 bridgehead atoms. The summed E-state index contributed by atoms with van der Waals surface area (Å²) in [6, 6.07) is 8.53. The van der Waals surface area contributed by atoms with Gasteiger partial charge in [0.15, 0.2) is 5.96 Å². The molecule has 1 aliphatic rings. The highest BCUT2D eigenvalue weighted by atomic mass is 127. The highest BCUT2D eigenvalue weighted by Gasteiger charge is 2.22. The van der Waals surface area contributed by atoms with Crippen LogP contribution in [0.3, 0.4) is 0 Å².